The van der Waals surface area contributed by atoms with Crippen molar-refractivity contribution in [1.29, 1.82) is 0 Å². The maximum atomic E-state index is 12.6. The molecule has 1 heterocycles. The lowest BCUT2D eigenvalue weighted by Gasteiger charge is -2.34. The van der Waals surface area contributed by atoms with E-state index in [9.17, 15) is 8.42 Å². The van der Waals surface area contributed by atoms with Crippen molar-refractivity contribution in [2.75, 3.05) is 32.9 Å². The molecule has 1 fully saturated rings. The molecule has 0 aliphatic carbocycles. The van der Waals surface area contributed by atoms with E-state index in [-0.39, 0.29) is 0 Å². The van der Waals surface area contributed by atoms with E-state index in [1.165, 1.54) is 0 Å². The van der Waals surface area contributed by atoms with E-state index in [1.54, 1.807) is 22.5 Å². The van der Waals surface area contributed by atoms with Gasteiger partial charge in [0.15, 0.2) is 0 Å². The van der Waals surface area contributed by atoms with Crippen molar-refractivity contribution in [2.45, 2.75) is 30.7 Å². The zero-order valence-corrected chi connectivity index (χ0v) is 13.2. The van der Waals surface area contributed by atoms with Gasteiger partial charge in [0, 0.05) is 24.8 Å². The molecule has 1 aromatic carbocycles. The molecule has 0 amide bonds. The van der Waals surface area contributed by atoms with Gasteiger partial charge in [-0.05, 0) is 57.6 Å². The normalized spacial score (nSPS) is 18.6. The number of nitrogen functional groups attached to an aromatic ring is 1. The number of nitrogens with zero attached hydrogens (tertiary/aromatic N) is 2. The van der Waals surface area contributed by atoms with Gasteiger partial charge in [-0.1, -0.05) is 0 Å². The van der Waals surface area contributed by atoms with E-state index in [2.05, 4.69) is 4.90 Å². The third-order valence-electron chi connectivity index (χ3n) is 3.86. The van der Waals surface area contributed by atoms with Crippen molar-refractivity contribution in [2.24, 2.45) is 0 Å². The predicted molar refractivity (Wildman–Crippen MR) is 81.1 cm³/mol. The van der Waals surface area contributed by atoms with Crippen molar-refractivity contribution in [3.05, 3.63) is 23.8 Å². The molecule has 5 nitrogen and oxygen atoms in total. The molecular formula is C14H23N3O2S. The Labute approximate surface area is 121 Å². The molecule has 0 saturated carbocycles. The van der Waals surface area contributed by atoms with Crippen LogP contribution in [0.3, 0.4) is 0 Å². The van der Waals surface area contributed by atoms with Crippen LogP contribution in [-0.2, 0) is 10.0 Å². The molecule has 112 valence electrons. The van der Waals surface area contributed by atoms with E-state index in [0.717, 1.165) is 18.4 Å². The molecule has 0 unspecified atom stereocenters. The first-order valence-corrected chi connectivity index (χ1v) is 8.28. The maximum absolute atomic E-state index is 12.6. The molecule has 6 heteroatoms. The molecule has 0 radical (unpaired) electrons. The smallest absolute Gasteiger partial charge is 0.243 e. The van der Waals surface area contributed by atoms with Crippen molar-refractivity contribution >= 4 is 15.7 Å². The summed E-state index contributed by atoms with van der Waals surface area (Å²) in [6.45, 7) is 2.99. The minimum Gasteiger partial charge on any atom is -0.399 e. The monoisotopic (exact) mass is 297 g/mol. The van der Waals surface area contributed by atoms with Crippen LogP contribution in [0, 0.1) is 6.92 Å². The second-order valence-electron chi connectivity index (χ2n) is 5.68. The predicted octanol–water partition coefficient (Wildman–Crippen LogP) is 1.29. The Hall–Kier alpha value is -1.11. The Bertz CT molecular complexity index is 556. The zero-order chi connectivity index (χ0) is 14.9. The second-order valence-corrected chi connectivity index (χ2v) is 7.62. The van der Waals surface area contributed by atoms with Crippen molar-refractivity contribution in [1.82, 2.24) is 9.21 Å². The minimum atomic E-state index is -3.42. The van der Waals surface area contributed by atoms with Crippen LogP contribution in [0.1, 0.15) is 18.4 Å². The lowest BCUT2D eigenvalue weighted by molar-refractivity contribution is 0.196. The number of anilines is 1. The summed E-state index contributed by atoms with van der Waals surface area (Å²) in [7, 11) is 0.654. The minimum absolute atomic E-state index is 0.304. The van der Waals surface area contributed by atoms with Gasteiger partial charge < -0.3 is 10.6 Å². The topological polar surface area (TPSA) is 66.6 Å². The number of nitrogens with two attached hydrogens (primary N) is 1. The SMILES string of the molecule is Cc1cc(N)cc(S(=O)(=O)N2CCC(N(C)C)CC2)c1. The first-order valence-electron chi connectivity index (χ1n) is 6.84. The summed E-state index contributed by atoms with van der Waals surface area (Å²) in [4.78, 5) is 2.47. The summed E-state index contributed by atoms with van der Waals surface area (Å²) in [6, 6.07) is 5.46. The van der Waals surface area contributed by atoms with Gasteiger partial charge >= 0.3 is 0 Å². The summed E-state index contributed by atoms with van der Waals surface area (Å²) in [5.41, 5.74) is 7.12. The van der Waals surface area contributed by atoms with E-state index in [4.69, 9.17) is 5.73 Å². The quantitative estimate of drug-likeness (QED) is 0.854. The van der Waals surface area contributed by atoms with Gasteiger partial charge in [0.25, 0.3) is 0 Å². The summed E-state index contributed by atoms with van der Waals surface area (Å²) < 4.78 is 26.8. The number of hydrogen-bond acceptors (Lipinski definition) is 4. The first kappa shape index (κ1) is 15.3. The lowest BCUT2D eigenvalue weighted by Crippen LogP contribution is -2.44. The van der Waals surface area contributed by atoms with E-state index in [1.807, 2.05) is 21.0 Å². The Morgan fingerprint density at radius 2 is 1.80 bits per heavy atom. The molecule has 20 heavy (non-hydrogen) atoms. The van der Waals surface area contributed by atoms with Crippen LogP contribution in [0.4, 0.5) is 5.69 Å². The summed E-state index contributed by atoms with van der Waals surface area (Å²) in [5.74, 6) is 0. The van der Waals surface area contributed by atoms with Gasteiger partial charge in [0.05, 0.1) is 4.90 Å². The molecule has 0 spiro atoms. The number of hydrogen-bond donors (Lipinski definition) is 1. The Kier molecular flexibility index (Phi) is 4.36. The van der Waals surface area contributed by atoms with Gasteiger partial charge in [-0.25, -0.2) is 8.42 Å². The highest BCUT2D eigenvalue weighted by Crippen LogP contribution is 2.24. The first-order chi connectivity index (χ1) is 9.30. The molecule has 1 saturated heterocycles. The number of rotatable bonds is 3. The summed E-state index contributed by atoms with van der Waals surface area (Å²) in [6.07, 6.45) is 1.74. The van der Waals surface area contributed by atoms with Crippen LogP contribution in [0.15, 0.2) is 23.1 Å². The number of sulfonamides is 1. The number of piperidine rings is 1. The number of benzene rings is 1. The molecular weight excluding hydrogens is 274 g/mol. The molecule has 0 aromatic heterocycles. The Balaban J connectivity index is 2.19. The van der Waals surface area contributed by atoms with Gasteiger partial charge in [-0.3, -0.25) is 0 Å². The van der Waals surface area contributed by atoms with Gasteiger partial charge in [0.1, 0.15) is 0 Å². The van der Waals surface area contributed by atoms with E-state index < -0.39 is 10.0 Å². The summed E-state index contributed by atoms with van der Waals surface area (Å²) >= 11 is 0. The molecule has 1 aliphatic rings. The zero-order valence-electron chi connectivity index (χ0n) is 12.3. The summed E-state index contributed by atoms with van der Waals surface area (Å²) in [5, 5.41) is 0. The van der Waals surface area contributed by atoms with Crippen molar-refractivity contribution in [3.8, 4) is 0 Å². The highest BCUT2D eigenvalue weighted by Gasteiger charge is 2.30. The van der Waals surface area contributed by atoms with Crippen molar-refractivity contribution in [3.63, 3.8) is 0 Å². The molecule has 1 aromatic rings. The van der Waals surface area contributed by atoms with Crippen molar-refractivity contribution < 1.29 is 8.42 Å². The molecule has 2 rings (SSSR count). The van der Waals surface area contributed by atoms with Crippen LogP contribution >= 0.6 is 0 Å². The van der Waals surface area contributed by atoms with E-state index in [0.29, 0.717) is 29.7 Å². The third-order valence-corrected chi connectivity index (χ3v) is 5.74. The van der Waals surface area contributed by atoms with Crippen LogP contribution in [-0.4, -0.2) is 50.8 Å². The lowest BCUT2D eigenvalue weighted by atomic mass is 10.1. The average molecular weight is 297 g/mol. The van der Waals surface area contributed by atoms with E-state index >= 15 is 0 Å². The maximum Gasteiger partial charge on any atom is 0.243 e. The number of aryl methyl sites for hydroxylation is 1. The molecule has 0 atom stereocenters. The van der Waals surface area contributed by atoms with Crippen LogP contribution in [0.25, 0.3) is 0 Å². The fraction of sp³-hybridized carbons (Fsp3) is 0.571. The molecule has 1 aliphatic heterocycles. The second kappa shape index (κ2) is 5.71. The largest absolute Gasteiger partial charge is 0.399 e. The average Bonchev–Trinajstić information content (AvgIpc) is 2.37. The molecule has 0 bridgehead atoms. The van der Waals surface area contributed by atoms with Crippen LogP contribution in [0.5, 0.6) is 0 Å². The van der Waals surface area contributed by atoms with Gasteiger partial charge in [-0.15, -0.1) is 0 Å². The fourth-order valence-corrected chi connectivity index (χ4v) is 4.28. The molecule has 2 N–H and O–H groups in total. The third kappa shape index (κ3) is 3.13. The Morgan fingerprint density at radius 1 is 1.20 bits per heavy atom. The Morgan fingerprint density at radius 3 is 2.30 bits per heavy atom. The fourth-order valence-electron chi connectivity index (χ4n) is 2.67. The standard InChI is InChI=1S/C14H23N3O2S/c1-11-8-12(15)10-14(9-11)20(18,19)17-6-4-13(5-7-17)16(2)3/h8-10,13H,4-7,15H2,1-3H3. The van der Waals surface area contributed by atoms with Crippen LogP contribution in [0.2, 0.25) is 0 Å². The van der Waals surface area contributed by atoms with Crippen LogP contribution < -0.4 is 5.73 Å². The highest BCUT2D eigenvalue weighted by atomic mass is 32.2. The van der Waals surface area contributed by atoms with Gasteiger partial charge in [-0.2, -0.15) is 4.31 Å². The highest BCUT2D eigenvalue weighted by molar-refractivity contribution is 7.89. The van der Waals surface area contributed by atoms with Gasteiger partial charge in [0.2, 0.25) is 10.0 Å².